The molecular formula is C16H32N2O2. The van der Waals surface area contributed by atoms with E-state index < -0.39 is 16.6 Å². The van der Waals surface area contributed by atoms with E-state index in [4.69, 9.17) is 0 Å². The summed E-state index contributed by atoms with van der Waals surface area (Å²) in [6.07, 6.45) is 1.20. The van der Waals surface area contributed by atoms with Crippen LogP contribution in [0.3, 0.4) is 0 Å². The van der Waals surface area contributed by atoms with Gasteiger partial charge in [0.1, 0.15) is 5.54 Å². The first kappa shape index (κ1) is 17.4. The van der Waals surface area contributed by atoms with Crippen LogP contribution in [0, 0.1) is 0 Å². The number of carbonyl (C=O) groups is 1. The van der Waals surface area contributed by atoms with E-state index in [2.05, 4.69) is 20.8 Å². The van der Waals surface area contributed by atoms with Crippen molar-refractivity contribution >= 4 is 5.91 Å². The van der Waals surface area contributed by atoms with E-state index in [0.29, 0.717) is 12.8 Å². The Labute approximate surface area is 124 Å². The molecule has 1 saturated heterocycles. The Hall–Kier alpha value is -0.610. The summed E-state index contributed by atoms with van der Waals surface area (Å²) in [7, 11) is 0. The molecule has 4 heteroatoms. The van der Waals surface area contributed by atoms with Crippen LogP contribution in [0.4, 0.5) is 0 Å². The maximum absolute atomic E-state index is 13.2. The number of carbonyl (C=O) groups excluding carboxylic acids is 1. The fourth-order valence-electron chi connectivity index (χ4n) is 3.62. The van der Waals surface area contributed by atoms with Gasteiger partial charge in [0.05, 0.1) is 11.1 Å². The van der Waals surface area contributed by atoms with Gasteiger partial charge in [0.2, 0.25) is 5.91 Å². The molecule has 0 saturated carbocycles. The standard InChI is InChI=1S/C16H32N2O2/c1-10-16(11-2)12(19)17(13(3,4)5)14(6,7)15(8,9)18(16)20/h20H,10-11H2,1-9H3. The number of rotatable bonds is 2. The molecule has 0 aromatic rings. The maximum atomic E-state index is 13.2. The zero-order chi connectivity index (χ0) is 16.1. The van der Waals surface area contributed by atoms with Crippen LogP contribution in [-0.4, -0.2) is 43.2 Å². The van der Waals surface area contributed by atoms with E-state index in [1.165, 1.54) is 5.06 Å². The summed E-state index contributed by atoms with van der Waals surface area (Å²) >= 11 is 0. The monoisotopic (exact) mass is 284 g/mol. The molecule has 0 unspecified atom stereocenters. The molecular weight excluding hydrogens is 252 g/mol. The number of amides is 1. The van der Waals surface area contributed by atoms with Crippen LogP contribution in [-0.2, 0) is 4.79 Å². The van der Waals surface area contributed by atoms with E-state index in [-0.39, 0.29) is 11.4 Å². The van der Waals surface area contributed by atoms with Crippen LogP contribution in [0.5, 0.6) is 0 Å². The lowest BCUT2D eigenvalue weighted by atomic mass is 9.70. The highest BCUT2D eigenvalue weighted by molar-refractivity contribution is 5.89. The summed E-state index contributed by atoms with van der Waals surface area (Å²) in [5.41, 5.74) is -2.11. The largest absolute Gasteiger partial charge is 0.329 e. The summed E-state index contributed by atoms with van der Waals surface area (Å²) in [6.45, 7) is 18.2. The molecule has 1 heterocycles. The Balaban J connectivity index is 3.58. The second-order valence-corrected chi connectivity index (χ2v) is 7.98. The molecule has 0 bridgehead atoms. The van der Waals surface area contributed by atoms with Crippen LogP contribution in [0.15, 0.2) is 0 Å². The normalized spacial score (nSPS) is 25.9. The van der Waals surface area contributed by atoms with Crippen molar-refractivity contribution in [2.24, 2.45) is 0 Å². The third-order valence-corrected chi connectivity index (χ3v) is 5.43. The maximum Gasteiger partial charge on any atom is 0.246 e. The molecule has 118 valence electrons. The molecule has 1 N–H and O–H groups in total. The Morgan fingerprint density at radius 1 is 1.00 bits per heavy atom. The highest BCUT2D eigenvalue weighted by Crippen LogP contribution is 2.47. The second-order valence-electron chi connectivity index (χ2n) is 7.98. The molecule has 1 amide bonds. The van der Waals surface area contributed by atoms with Crippen molar-refractivity contribution < 1.29 is 10.0 Å². The third-order valence-electron chi connectivity index (χ3n) is 5.43. The number of piperazine rings is 1. The van der Waals surface area contributed by atoms with Gasteiger partial charge in [-0.2, -0.15) is 5.06 Å². The van der Waals surface area contributed by atoms with Gasteiger partial charge >= 0.3 is 0 Å². The van der Waals surface area contributed by atoms with Crippen molar-refractivity contribution in [3.8, 4) is 0 Å². The SMILES string of the molecule is CCC1(CC)C(=O)N(C(C)(C)C)C(C)(C)C(C)(C)N1O. The summed E-state index contributed by atoms with van der Waals surface area (Å²) in [4.78, 5) is 15.2. The Bertz CT molecular complexity index is 390. The topological polar surface area (TPSA) is 43.8 Å². The van der Waals surface area contributed by atoms with Crippen molar-refractivity contribution in [1.29, 1.82) is 0 Å². The minimum atomic E-state index is -0.827. The van der Waals surface area contributed by atoms with Gasteiger partial charge in [-0.1, -0.05) is 13.8 Å². The lowest BCUT2D eigenvalue weighted by Gasteiger charge is -2.65. The average molecular weight is 284 g/mol. The van der Waals surface area contributed by atoms with Crippen LogP contribution < -0.4 is 0 Å². The number of hydroxylamine groups is 2. The fourth-order valence-corrected chi connectivity index (χ4v) is 3.62. The zero-order valence-electron chi connectivity index (χ0n) is 14.7. The zero-order valence-corrected chi connectivity index (χ0v) is 14.7. The minimum Gasteiger partial charge on any atom is -0.329 e. The quantitative estimate of drug-likeness (QED) is 0.845. The summed E-state index contributed by atoms with van der Waals surface area (Å²) in [5.74, 6) is 0.0295. The van der Waals surface area contributed by atoms with Gasteiger partial charge in [0, 0.05) is 5.54 Å². The predicted molar refractivity (Wildman–Crippen MR) is 81.7 cm³/mol. The molecule has 0 aromatic carbocycles. The van der Waals surface area contributed by atoms with Gasteiger partial charge in [0.25, 0.3) is 0 Å². The van der Waals surface area contributed by atoms with Crippen molar-refractivity contribution in [3.05, 3.63) is 0 Å². The van der Waals surface area contributed by atoms with Gasteiger partial charge in [-0.3, -0.25) is 4.79 Å². The molecule has 20 heavy (non-hydrogen) atoms. The Kier molecular flexibility index (Phi) is 4.10. The first-order chi connectivity index (χ1) is 8.80. The first-order valence-corrected chi connectivity index (χ1v) is 7.64. The first-order valence-electron chi connectivity index (χ1n) is 7.64. The van der Waals surface area contributed by atoms with Crippen LogP contribution >= 0.6 is 0 Å². The minimum absolute atomic E-state index is 0.0295. The second kappa shape index (κ2) is 4.70. The average Bonchev–Trinajstić information content (AvgIpc) is 2.27. The molecule has 0 spiro atoms. The molecule has 0 aromatic heterocycles. The highest BCUT2D eigenvalue weighted by atomic mass is 16.5. The van der Waals surface area contributed by atoms with Crippen molar-refractivity contribution in [2.75, 3.05) is 0 Å². The predicted octanol–water partition coefficient (Wildman–Crippen LogP) is 3.43. The van der Waals surface area contributed by atoms with Crippen LogP contribution in [0.1, 0.15) is 75.2 Å². The fraction of sp³-hybridized carbons (Fsp3) is 0.938. The molecule has 4 nitrogen and oxygen atoms in total. The molecule has 1 fully saturated rings. The van der Waals surface area contributed by atoms with Gasteiger partial charge in [-0.05, 0) is 61.3 Å². The molecule has 1 aliphatic heterocycles. The Morgan fingerprint density at radius 3 is 1.70 bits per heavy atom. The third kappa shape index (κ3) is 2.00. The molecule has 0 radical (unpaired) electrons. The number of nitrogens with zero attached hydrogens (tertiary/aromatic N) is 2. The lowest BCUT2D eigenvalue weighted by Crippen LogP contribution is -2.82. The van der Waals surface area contributed by atoms with Gasteiger partial charge in [0.15, 0.2) is 0 Å². The number of hydrogen-bond donors (Lipinski definition) is 1. The summed E-state index contributed by atoms with van der Waals surface area (Å²) < 4.78 is 0. The van der Waals surface area contributed by atoms with Crippen molar-refractivity contribution in [1.82, 2.24) is 9.96 Å². The van der Waals surface area contributed by atoms with Crippen molar-refractivity contribution in [2.45, 2.75) is 97.3 Å². The van der Waals surface area contributed by atoms with Gasteiger partial charge in [-0.15, -0.1) is 0 Å². The summed E-state index contributed by atoms with van der Waals surface area (Å²) in [6, 6.07) is 0. The van der Waals surface area contributed by atoms with Crippen LogP contribution in [0.2, 0.25) is 0 Å². The van der Waals surface area contributed by atoms with E-state index >= 15 is 0 Å². The molecule has 0 atom stereocenters. The van der Waals surface area contributed by atoms with Gasteiger partial charge < -0.3 is 10.1 Å². The van der Waals surface area contributed by atoms with E-state index in [1.807, 2.05) is 46.4 Å². The smallest absolute Gasteiger partial charge is 0.246 e. The lowest BCUT2D eigenvalue weighted by molar-refractivity contribution is -0.291. The Morgan fingerprint density at radius 2 is 1.40 bits per heavy atom. The number of hydrogen-bond acceptors (Lipinski definition) is 3. The van der Waals surface area contributed by atoms with E-state index in [0.717, 1.165) is 0 Å². The van der Waals surface area contributed by atoms with E-state index in [9.17, 15) is 10.0 Å². The van der Waals surface area contributed by atoms with E-state index in [1.54, 1.807) is 0 Å². The van der Waals surface area contributed by atoms with Crippen LogP contribution in [0.25, 0.3) is 0 Å². The molecule has 1 aliphatic rings. The van der Waals surface area contributed by atoms with Gasteiger partial charge in [-0.25, -0.2) is 0 Å². The molecule has 1 rings (SSSR count). The summed E-state index contributed by atoms with van der Waals surface area (Å²) in [5, 5.41) is 12.1. The molecule has 0 aliphatic carbocycles. The highest BCUT2D eigenvalue weighted by Gasteiger charge is 2.64. The van der Waals surface area contributed by atoms with Crippen molar-refractivity contribution in [3.63, 3.8) is 0 Å².